The van der Waals surface area contributed by atoms with Crippen LogP contribution in [0.3, 0.4) is 0 Å². The molecule has 0 aliphatic rings. The maximum atomic E-state index is 12.9. The van der Waals surface area contributed by atoms with Crippen molar-refractivity contribution < 1.29 is 4.39 Å². The molecule has 0 unspecified atom stereocenters. The van der Waals surface area contributed by atoms with Crippen molar-refractivity contribution in [2.45, 2.75) is 45.7 Å². The molecule has 0 fully saturated rings. The highest BCUT2D eigenvalue weighted by atomic mass is 19.1. The van der Waals surface area contributed by atoms with E-state index in [0.29, 0.717) is 0 Å². The average molecular weight is 285 g/mol. The number of benzene rings is 2. The van der Waals surface area contributed by atoms with E-state index in [1.807, 2.05) is 12.1 Å². The molecule has 112 valence electrons. The highest BCUT2D eigenvalue weighted by Gasteiger charge is 2.13. The fourth-order valence-electron chi connectivity index (χ4n) is 2.26. The standard InChI is InChI=1S/C19H24FN/c1-14(16-7-11-18(20)12-8-16)21-13-15-5-9-17(10-6-15)19(2,3)4/h5-12,14,21H,13H2,1-4H3/t14-/m0/s1. The van der Waals surface area contributed by atoms with E-state index in [2.05, 4.69) is 57.3 Å². The Labute approximate surface area is 127 Å². The van der Waals surface area contributed by atoms with E-state index in [9.17, 15) is 4.39 Å². The van der Waals surface area contributed by atoms with Gasteiger partial charge in [0.2, 0.25) is 0 Å². The number of nitrogens with one attached hydrogen (secondary N) is 1. The first-order valence-corrected chi connectivity index (χ1v) is 7.44. The largest absolute Gasteiger partial charge is 0.306 e. The zero-order chi connectivity index (χ0) is 15.5. The maximum Gasteiger partial charge on any atom is 0.123 e. The Morgan fingerprint density at radius 1 is 0.952 bits per heavy atom. The van der Waals surface area contributed by atoms with Crippen LogP contribution < -0.4 is 5.32 Å². The smallest absolute Gasteiger partial charge is 0.123 e. The van der Waals surface area contributed by atoms with E-state index in [-0.39, 0.29) is 17.3 Å². The predicted molar refractivity (Wildman–Crippen MR) is 86.8 cm³/mol. The Morgan fingerprint density at radius 2 is 1.52 bits per heavy atom. The molecule has 1 nitrogen and oxygen atoms in total. The molecule has 0 bridgehead atoms. The van der Waals surface area contributed by atoms with E-state index in [4.69, 9.17) is 0 Å². The minimum absolute atomic E-state index is 0.188. The van der Waals surface area contributed by atoms with E-state index >= 15 is 0 Å². The zero-order valence-electron chi connectivity index (χ0n) is 13.3. The van der Waals surface area contributed by atoms with Crippen molar-refractivity contribution in [3.63, 3.8) is 0 Å². The van der Waals surface area contributed by atoms with Crippen molar-refractivity contribution in [1.82, 2.24) is 5.32 Å². The summed E-state index contributed by atoms with van der Waals surface area (Å²) in [5, 5.41) is 3.47. The fourth-order valence-corrected chi connectivity index (χ4v) is 2.26. The van der Waals surface area contributed by atoms with Gasteiger partial charge in [0.15, 0.2) is 0 Å². The first-order chi connectivity index (χ1) is 9.86. The van der Waals surface area contributed by atoms with Crippen molar-refractivity contribution >= 4 is 0 Å². The molecule has 0 aliphatic heterocycles. The van der Waals surface area contributed by atoms with Crippen LogP contribution in [0.25, 0.3) is 0 Å². The van der Waals surface area contributed by atoms with E-state index in [1.54, 1.807) is 0 Å². The van der Waals surface area contributed by atoms with Crippen molar-refractivity contribution in [2.75, 3.05) is 0 Å². The Hall–Kier alpha value is -1.67. The predicted octanol–water partition coefficient (Wildman–Crippen LogP) is 4.97. The zero-order valence-corrected chi connectivity index (χ0v) is 13.3. The van der Waals surface area contributed by atoms with Crippen molar-refractivity contribution in [3.8, 4) is 0 Å². The Morgan fingerprint density at radius 3 is 2.05 bits per heavy atom. The average Bonchev–Trinajstić information content (AvgIpc) is 2.45. The summed E-state index contributed by atoms with van der Waals surface area (Å²) in [4.78, 5) is 0. The lowest BCUT2D eigenvalue weighted by molar-refractivity contribution is 0.568. The molecule has 0 aliphatic carbocycles. The Kier molecular flexibility index (Phi) is 4.79. The van der Waals surface area contributed by atoms with Gasteiger partial charge in [-0.15, -0.1) is 0 Å². The van der Waals surface area contributed by atoms with E-state index in [0.717, 1.165) is 12.1 Å². The van der Waals surface area contributed by atoms with Crippen molar-refractivity contribution in [2.24, 2.45) is 0 Å². The van der Waals surface area contributed by atoms with Gasteiger partial charge >= 0.3 is 0 Å². The molecule has 0 amide bonds. The molecule has 2 aromatic rings. The van der Waals surface area contributed by atoms with Gasteiger partial charge in [0.25, 0.3) is 0 Å². The molecule has 1 atom stereocenters. The van der Waals surface area contributed by atoms with E-state index < -0.39 is 0 Å². The van der Waals surface area contributed by atoms with Crippen molar-refractivity contribution in [3.05, 3.63) is 71.0 Å². The number of halogens is 1. The SMILES string of the molecule is C[C@H](NCc1ccc(C(C)(C)C)cc1)c1ccc(F)cc1. The second kappa shape index (κ2) is 6.40. The lowest BCUT2D eigenvalue weighted by Gasteiger charge is -2.19. The van der Waals surface area contributed by atoms with Gasteiger partial charge in [0.1, 0.15) is 5.82 Å². The van der Waals surface area contributed by atoms with E-state index in [1.165, 1.54) is 23.3 Å². The summed E-state index contributed by atoms with van der Waals surface area (Å²) in [6, 6.07) is 15.6. The molecular weight excluding hydrogens is 261 g/mol. The van der Waals surface area contributed by atoms with Gasteiger partial charge < -0.3 is 5.32 Å². The van der Waals surface area contributed by atoms with Gasteiger partial charge in [-0.05, 0) is 41.2 Å². The van der Waals surface area contributed by atoms with Crippen LogP contribution in [0, 0.1) is 5.82 Å². The van der Waals surface area contributed by atoms with Crippen LogP contribution in [-0.4, -0.2) is 0 Å². The summed E-state index contributed by atoms with van der Waals surface area (Å²) in [7, 11) is 0. The molecule has 0 aromatic heterocycles. The summed E-state index contributed by atoms with van der Waals surface area (Å²) >= 11 is 0. The van der Waals surface area contributed by atoms with Crippen LogP contribution in [0.5, 0.6) is 0 Å². The van der Waals surface area contributed by atoms with Crippen LogP contribution in [0.4, 0.5) is 4.39 Å². The first kappa shape index (κ1) is 15.7. The third-order valence-electron chi connectivity index (χ3n) is 3.80. The normalized spacial score (nSPS) is 13.2. The van der Waals surface area contributed by atoms with Gasteiger partial charge in [-0.1, -0.05) is 57.2 Å². The van der Waals surface area contributed by atoms with Gasteiger partial charge in [-0.3, -0.25) is 0 Å². The second-order valence-electron chi connectivity index (χ2n) is 6.60. The van der Waals surface area contributed by atoms with Crippen LogP contribution in [0.15, 0.2) is 48.5 Å². The Balaban J connectivity index is 1.95. The number of rotatable bonds is 4. The van der Waals surface area contributed by atoms with Crippen molar-refractivity contribution in [1.29, 1.82) is 0 Å². The minimum atomic E-state index is -0.191. The molecule has 0 saturated heterocycles. The lowest BCUT2D eigenvalue weighted by atomic mass is 9.87. The Bertz CT molecular complexity index is 564. The third kappa shape index (κ3) is 4.40. The monoisotopic (exact) mass is 285 g/mol. The molecule has 2 aromatic carbocycles. The number of hydrogen-bond acceptors (Lipinski definition) is 1. The number of hydrogen-bond donors (Lipinski definition) is 1. The molecule has 0 spiro atoms. The molecule has 0 heterocycles. The lowest BCUT2D eigenvalue weighted by Crippen LogP contribution is -2.18. The van der Waals surface area contributed by atoms with Gasteiger partial charge in [0, 0.05) is 12.6 Å². The summed E-state index contributed by atoms with van der Waals surface area (Å²) in [5.41, 5.74) is 3.89. The highest BCUT2D eigenvalue weighted by molar-refractivity contribution is 5.27. The molecular formula is C19H24FN. The summed E-state index contributed by atoms with van der Waals surface area (Å²) in [6.07, 6.45) is 0. The second-order valence-corrected chi connectivity index (χ2v) is 6.60. The molecule has 2 heteroatoms. The summed E-state index contributed by atoms with van der Waals surface area (Å²) in [5.74, 6) is -0.191. The highest BCUT2D eigenvalue weighted by Crippen LogP contribution is 2.22. The fraction of sp³-hybridized carbons (Fsp3) is 0.368. The van der Waals surface area contributed by atoms with Gasteiger partial charge in [-0.2, -0.15) is 0 Å². The topological polar surface area (TPSA) is 12.0 Å². The molecule has 1 N–H and O–H groups in total. The summed E-state index contributed by atoms with van der Waals surface area (Å²) in [6.45, 7) is 9.56. The first-order valence-electron chi connectivity index (χ1n) is 7.44. The van der Waals surface area contributed by atoms with Crippen LogP contribution >= 0.6 is 0 Å². The van der Waals surface area contributed by atoms with Crippen LogP contribution in [-0.2, 0) is 12.0 Å². The summed E-state index contributed by atoms with van der Waals surface area (Å²) < 4.78 is 12.9. The third-order valence-corrected chi connectivity index (χ3v) is 3.80. The van der Waals surface area contributed by atoms with Crippen LogP contribution in [0.1, 0.15) is 50.4 Å². The molecule has 2 rings (SSSR count). The minimum Gasteiger partial charge on any atom is -0.306 e. The molecule has 21 heavy (non-hydrogen) atoms. The van der Waals surface area contributed by atoms with Gasteiger partial charge in [-0.25, -0.2) is 4.39 Å². The quantitative estimate of drug-likeness (QED) is 0.836. The molecule has 0 radical (unpaired) electrons. The molecule has 0 saturated carbocycles. The van der Waals surface area contributed by atoms with Gasteiger partial charge in [0.05, 0.1) is 0 Å². The maximum absolute atomic E-state index is 12.9. The van der Waals surface area contributed by atoms with Crippen LogP contribution in [0.2, 0.25) is 0 Å².